The molecule has 0 unspecified atom stereocenters. The predicted octanol–water partition coefficient (Wildman–Crippen LogP) is 2.29. The van der Waals surface area contributed by atoms with E-state index in [-0.39, 0.29) is 30.4 Å². The minimum atomic E-state index is 0.0480. The van der Waals surface area contributed by atoms with Crippen LogP contribution in [0.3, 0.4) is 0 Å². The van der Waals surface area contributed by atoms with Crippen molar-refractivity contribution in [3.63, 3.8) is 0 Å². The first-order valence-electron chi connectivity index (χ1n) is 11.5. The molecule has 0 N–H and O–H groups in total. The number of benzene rings is 1. The number of hydrogen-bond acceptors (Lipinski definition) is 4. The van der Waals surface area contributed by atoms with Crippen LogP contribution in [0.25, 0.3) is 0 Å². The molecule has 2 aliphatic heterocycles. The fourth-order valence-electron chi connectivity index (χ4n) is 4.84. The van der Waals surface area contributed by atoms with Gasteiger partial charge >= 0.3 is 0 Å². The van der Waals surface area contributed by atoms with E-state index in [1.54, 1.807) is 0 Å². The molecule has 2 fully saturated rings. The maximum Gasteiger partial charge on any atom is 0.236 e. The highest BCUT2D eigenvalue weighted by molar-refractivity contribution is 5.98. The number of Topliss-reactive ketones (excluding diaryl/α,β-unsaturated/α-hetero) is 1. The van der Waals surface area contributed by atoms with E-state index in [4.69, 9.17) is 0 Å². The molecule has 0 spiro atoms. The lowest BCUT2D eigenvalue weighted by Crippen LogP contribution is -2.51. The van der Waals surface area contributed by atoms with Gasteiger partial charge in [0.1, 0.15) is 0 Å². The number of carbonyl (C=O) groups is 3. The van der Waals surface area contributed by atoms with Crippen molar-refractivity contribution in [2.45, 2.75) is 51.4 Å². The standard InChI is InChI=1S/C24H33N3O3/c28-22(21-8-7-19-5-1-2-6-20(19)17-21)9-10-23(29)27-15-13-25(14-16-27)18-24(30)26-11-3-4-12-26/h7-8,17H,1-6,9-16,18H2. The number of amides is 2. The Kier molecular flexibility index (Phi) is 6.82. The van der Waals surface area contributed by atoms with E-state index >= 15 is 0 Å². The van der Waals surface area contributed by atoms with Crippen LogP contribution in [0.15, 0.2) is 18.2 Å². The van der Waals surface area contributed by atoms with Crippen LogP contribution in [-0.4, -0.2) is 78.1 Å². The molecular formula is C24H33N3O3. The molecule has 1 aliphatic carbocycles. The number of nitrogens with zero attached hydrogens (tertiary/aromatic N) is 3. The maximum atomic E-state index is 12.6. The summed E-state index contributed by atoms with van der Waals surface area (Å²) in [5, 5.41) is 0. The van der Waals surface area contributed by atoms with E-state index in [0.717, 1.165) is 57.4 Å². The molecule has 0 radical (unpaired) electrons. The first-order chi connectivity index (χ1) is 14.6. The van der Waals surface area contributed by atoms with Gasteiger partial charge in [-0.3, -0.25) is 19.3 Å². The van der Waals surface area contributed by atoms with Crippen molar-refractivity contribution < 1.29 is 14.4 Å². The number of hydrogen-bond donors (Lipinski definition) is 0. The summed E-state index contributed by atoms with van der Waals surface area (Å²) in [6.07, 6.45) is 7.34. The fraction of sp³-hybridized carbons (Fsp3) is 0.625. The Labute approximate surface area is 179 Å². The van der Waals surface area contributed by atoms with Gasteiger partial charge in [-0.25, -0.2) is 0 Å². The fourth-order valence-corrected chi connectivity index (χ4v) is 4.84. The lowest BCUT2D eigenvalue weighted by Gasteiger charge is -2.35. The predicted molar refractivity (Wildman–Crippen MR) is 115 cm³/mol. The average Bonchev–Trinajstić information content (AvgIpc) is 3.32. The molecule has 0 saturated carbocycles. The molecule has 0 aromatic heterocycles. The number of carbonyl (C=O) groups excluding carboxylic acids is 3. The first-order valence-corrected chi connectivity index (χ1v) is 11.5. The molecule has 3 aliphatic rings. The summed E-state index contributed by atoms with van der Waals surface area (Å²) in [6.45, 7) is 4.95. The van der Waals surface area contributed by atoms with Crippen LogP contribution in [0, 0.1) is 0 Å². The molecule has 6 heteroatoms. The molecule has 0 atom stereocenters. The van der Waals surface area contributed by atoms with Crippen molar-refractivity contribution in [2.75, 3.05) is 45.8 Å². The van der Waals surface area contributed by atoms with Gasteiger partial charge in [0.05, 0.1) is 6.54 Å². The third-order valence-electron chi connectivity index (χ3n) is 6.78. The van der Waals surface area contributed by atoms with E-state index in [0.29, 0.717) is 19.6 Å². The maximum absolute atomic E-state index is 12.6. The SMILES string of the molecule is O=C(CCC(=O)N1CCN(CC(=O)N2CCCC2)CC1)c1ccc2c(c1)CCCC2. The molecule has 1 aromatic rings. The molecule has 1 aromatic carbocycles. The molecule has 162 valence electrons. The summed E-state index contributed by atoms with van der Waals surface area (Å²) in [5.74, 6) is 0.321. The number of likely N-dealkylation sites (tertiary alicyclic amines) is 1. The van der Waals surface area contributed by atoms with Gasteiger partial charge in [0.25, 0.3) is 0 Å². The summed E-state index contributed by atoms with van der Waals surface area (Å²) in [5.41, 5.74) is 3.42. The van der Waals surface area contributed by atoms with Crippen LogP contribution in [0.2, 0.25) is 0 Å². The van der Waals surface area contributed by atoms with Crippen LogP contribution in [0.5, 0.6) is 0 Å². The van der Waals surface area contributed by atoms with E-state index in [1.807, 2.05) is 21.9 Å². The van der Waals surface area contributed by atoms with Crippen LogP contribution in [-0.2, 0) is 22.4 Å². The lowest BCUT2D eigenvalue weighted by molar-refractivity contribution is -0.134. The zero-order valence-electron chi connectivity index (χ0n) is 17.9. The summed E-state index contributed by atoms with van der Waals surface area (Å²) < 4.78 is 0. The highest BCUT2D eigenvalue weighted by atomic mass is 16.2. The van der Waals surface area contributed by atoms with E-state index in [2.05, 4.69) is 11.0 Å². The quantitative estimate of drug-likeness (QED) is 0.674. The Bertz CT molecular complexity index is 793. The largest absolute Gasteiger partial charge is 0.342 e. The van der Waals surface area contributed by atoms with E-state index < -0.39 is 0 Å². The number of piperazine rings is 1. The smallest absolute Gasteiger partial charge is 0.236 e. The van der Waals surface area contributed by atoms with Gasteiger partial charge in [-0.15, -0.1) is 0 Å². The van der Waals surface area contributed by atoms with Gasteiger partial charge in [0.15, 0.2) is 5.78 Å². The van der Waals surface area contributed by atoms with Crippen LogP contribution < -0.4 is 0 Å². The van der Waals surface area contributed by atoms with E-state index in [9.17, 15) is 14.4 Å². The number of rotatable bonds is 6. The molecule has 0 bridgehead atoms. The van der Waals surface area contributed by atoms with Crippen molar-refractivity contribution in [3.8, 4) is 0 Å². The third-order valence-corrected chi connectivity index (χ3v) is 6.78. The second kappa shape index (κ2) is 9.73. The normalized spacial score (nSPS) is 19.6. The van der Waals surface area contributed by atoms with Crippen molar-refractivity contribution in [3.05, 3.63) is 34.9 Å². The van der Waals surface area contributed by atoms with Gasteiger partial charge in [-0.1, -0.05) is 12.1 Å². The summed E-state index contributed by atoms with van der Waals surface area (Å²) in [4.78, 5) is 43.4. The van der Waals surface area contributed by atoms with Gasteiger partial charge in [-0.05, 0) is 55.7 Å². The van der Waals surface area contributed by atoms with Crippen molar-refractivity contribution >= 4 is 17.6 Å². The summed E-state index contributed by atoms with van der Waals surface area (Å²) in [7, 11) is 0. The van der Waals surface area contributed by atoms with Gasteiger partial charge in [0.2, 0.25) is 11.8 Å². The van der Waals surface area contributed by atoms with Crippen LogP contribution >= 0.6 is 0 Å². The number of fused-ring (bicyclic) bond motifs is 1. The Morgan fingerprint density at radius 3 is 2.10 bits per heavy atom. The zero-order valence-corrected chi connectivity index (χ0v) is 17.9. The minimum Gasteiger partial charge on any atom is -0.342 e. The molecule has 2 amide bonds. The molecule has 2 heterocycles. The lowest BCUT2D eigenvalue weighted by atomic mass is 9.89. The molecule has 2 saturated heterocycles. The van der Waals surface area contributed by atoms with Gasteiger partial charge in [0, 0.05) is 57.7 Å². The average molecular weight is 412 g/mol. The second-order valence-corrected chi connectivity index (χ2v) is 8.86. The number of aryl methyl sites for hydroxylation is 2. The number of ketones is 1. The van der Waals surface area contributed by atoms with Crippen molar-refractivity contribution in [1.82, 2.24) is 14.7 Å². The topological polar surface area (TPSA) is 60.9 Å². The van der Waals surface area contributed by atoms with Crippen LogP contribution in [0.1, 0.15) is 60.0 Å². The second-order valence-electron chi connectivity index (χ2n) is 8.86. The Balaban J connectivity index is 1.20. The van der Waals surface area contributed by atoms with Crippen molar-refractivity contribution in [2.24, 2.45) is 0 Å². The van der Waals surface area contributed by atoms with Gasteiger partial charge < -0.3 is 9.80 Å². The summed E-state index contributed by atoms with van der Waals surface area (Å²) >= 11 is 0. The first kappa shape index (κ1) is 21.0. The third kappa shape index (κ3) is 5.09. The molecule has 30 heavy (non-hydrogen) atoms. The minimum absolute atomic E-state index is 0.0480. The highest BCUT2D eigenvalue weighted by Crippen LogP contribution is 2.23. The van der Waals surface area contributed by atoms with Gasteiger partial charge in [-0.2, -0.15) is 0 Å². The van der Waals surface area contributed by atoms with Crippen LogP contribution in [0.4, 0.5) is 0 Å². The zero-order chi connectivity index (χ0) is 20.9. The molecular weight excluding hydrogens is 378 g/mol. The monoisotopic (exact) mass is 411 g/mol. The highest BCUT2D eigenvalue weighted by Gasteiger charge is 2.25. The van der Waals surface area contributed by atoms with E-state index in [1.165, 1.54) is 24.0 Å². The van der Waals surface area contributed by atoms with Crippen molar-refractivity contribution in [1.29, 1.82) is 0 Å². The Morgan fingerprint density at radius 1 is 0.700 bits per heavy atom. The molecule has 4 rings (SSSR count). The molecule has 6 nitrogen and oxygen atoms in total. The summed E-state index contributed by atoms with van der Waals surface area (Å²) in [6, 6.07) is 6.05. The Hall–Kier alpha value is -2.21. The Morgan fingerprint density at radius 2 is 1.37 bits per heavy atom.